The Morgan fingerprint density at radius 3 is 2.56 bits per heavy atom. The molecule has 92 valence electrons. The summed E-state index contributed by atoms with van der Waals surface area (Å²) in [6, 6.07) is 1.74. The normalized spacial score (nSPS) is 34.0. The van der Waals surface area contributed by atoms with E-state index in [1.54, 1.807) is 0 Å². The minimum Gasteiger partial charge on any atom is -0.469 e. The maximum Gasteiger partial charge on any atom is 0.305 e. The fourth-order valence-corrected chi connectivity index (χ4v) is 3.19. The lowest BCUT2D eigenvalue weighted by atomic mass is 9.98. The minimum absolute atomic E-state index is 0.0962. The molecule has 2 rings (SSSR count). The molecule has 2 heterocycles. The first-order chi connectivity index (χ1) is 7.70. The number of carbonyl (C=O) groups is 1. The number of methoxy groups -OCH3 is 1. The summed E-state index contributed by atoms with van der Waals surface area (Å²) in [5.41, 5.74) is 6.02. The van der Waals surface area contributed by atoms with Gasteiger partial charge in [-0.1, -0.05) is 0 Å². The molecule has 2 saturated heterocycles. The van der Waals surface area contributed by atoms with Crippen molar-refractivity contribution in [1.29, 1.82) is 0 Å². The summed E-state index contributed by atoms with van der Waals surface area (Å²) in [6.45, 7) is 1.02. The van der Waals surface area contributed by atoms with E-state index in [0.29, 0.717) is 24.5 Å². The summed E-state index contributed by atoms with van der Waals surface area (Å²) in [5, 5.41) is 0. The van der Waals surface area contributed by atoms with Gasteiger partial charge in [-0.3, -0.25) is 9.69 Å². The van der Waals surface area contributed by atoms with Gasteiger partial charge in [-0.05, 0) is 38.6 Å². The highest BCUT2D eigenvalue weighted by molar-refractivity contribution is 5.69. The van der Waals surface area contributed by atoms with Gasteiger partial charge in [-0.25, -0.2) is 0 Å². The molecule has 2 aliphatic heterocycles. The van der Waals surface area contributed by atoms with Crippen molar-refractivity contribution in [1.82, 2.24) is 4.90 Å². The monoisotopic (exact) mass is 226 g/mol. The van der Waals surface area contributed by atoms with E-state index in [1.807, 2.05) is 0 Å². The maximum absolute atomic E-state index is 11.0. The van der Waals surface area contributed by atoms with Gasteiger partial charge in [0.2, 0.25) is 0 Å². The summed E-state index contributed by atoms with van der Waals surface area (Å²) in [5.74, 6) is -0.0962. The number of carbonyl (C=O) groups excluding carboxylic acids is 1. The predicted molar refractivity (Wildman–Crippen MR) is 62.0 cm³/mol. The number of fused-ring (bicyclic) bond motifs is 2. The third-order valence-electron chi connectivity index (χ3n) is 3.95. The number of nitrogens with zero attached hydrogens (tertiary/aromatic N) is 1. The molecule has 0 aromatic heterocycles. The Hall–Kier alpha value is -0.610. The van der Waals surface area contributed by atoms with Crippen LogP contribution in [0.3, 0.4) is 0 Å². The Morgan fingerprint density at radius 1 is 1.38 bits per heavy atom. The smallest absolute Gasteiger partial charge is 0.305 e. The van der Waals surface area contributed by atoms with Gasteiger partial charge in [0.25, 0.3) is 0 Å². The van der Waals surface area contributed by atoms with Crippen molar-refractivity contribution >= 4 is 5.97 Å². The third-order valence-corrected chi connectivity index (χ3v) is 3.95. The number of hydrogen-bond donors (Lipinski definition) is 1. The first-order valence-electron chi connectivity index (χ1n) is 6.29. The van der Waals surface area contributed by atoms with Gasteiger partial charge in [-0.2, -0.15) is 0 Å². The van der Waals surface area contributed by atoms with E-state index in [9.17, 15) is 4.79 Å². The van der Waals surface area contributed by atoms with Crippen LogP contribution in [0.15, 0.2) is 0 Å². The number of rotatable bonds is 4. The van der Waals surface area contributed by atoms with E-state index >= 15 is 0 Å². The van der Waals surface area contributed by atoms with Crippen LogP contribution in [-0.4, -0.2) is 42.6 Å². The Bertz CT molecular complexity index is 243. The Kier molecular flexibility index (Phi) is 3.82. The largest absolute Gasteiger partial charge is 0.469 e. The summed E-state index contributed by atoms with van der Waals surface area (Å²) < 4.78 is 4.65. The second-order valence-electron chi connectivity index (χ2n) is 5.03. The van der Waals surface area contributed by atoms with Gasteiger partial charge in [0, 0.05) is 24.5 Å². The van der Waals surface area contributed by atoms with Gasteiger partial charge in [0.05, 0.1) is 7.11 Å². The first-order valence-corrected chi connectivity index (χ1v) is 6.29. The number of hydrogen-bond acceptors (Lipinski definition) is 4. The average Bonchev–Trinajstić information content (AvgIpc) is 2.51. The molecular weight excluding hydrogens is 204 g/mol. The first kappa shape index (κ1) is 11.9. The van der Waals surface area contributed by atoms with Gasteiger partial charge in [0.1, 0.15) is 0 Å². The Balaban J connectivity index is 1.76. The third kappa shape index (κ3) is 2.55. The van der Waals surface area contributed by atoms with E-state index in [1.165, 1.54) is 20.0 Å². The Labute approximate surface area is 97.1 Å². The summed E-state index contributed by atoms with van der Waals surface area (Å²) in [4.78, 5) is 13.6. The molecule has 2 unspecified atom stereocenters. The van der Waals surface area contributed by atoms with Gasteiger partial charge >= 0.3 is 5.97 Å². The number of ether oxygens (including phenoxy) is 1. The number of piperidine rings is 1. The van der Waals surface area contributed by atoms with E-state index in [4.69, 9.17) is 5.73 Å². The fraction of sp³-hybridized carbons (Fsp3) is 0.917. The van der Waals surface area contributed by atoms with Crippen LogP contribution in [-0.2, 0) is 9.53 Å². The zero-order valence-corrected chi connectivity index (χ0v) is 10.0. The van der Waals surface area contributed by atoms with Crippen LogP contribution in [0.2, 0.25) is 0 Å². The SMILES string of the molecule is COC(=O)CCCN1C2CCC1CC(N)C2. The lowest BCUT2D eigenvalue weighted by Gasteiger charge is -2.37. The van der Waals surface area contributed by atoms with Crippen molar-refractivity contribution in [2.24, 2.45) is 5.73 Å². The van der Waals surface area contributed by atoms with Crippen LogP contribution in [0.4, 0.5) is 0 Å². The molecule has 0 radical (unpaired) electrons. The van der Waals surface area contributed by atoms with E-state index in [-0.39, 0.29) is 5.97 Å². The Morgan fingerprint density at radius 2 is 2.00 bits per heavy atom. The van der Waals surface area contributed by atoms with Crippen molar-refractivity contribution in [2.45, 2.75) is 56.7 Å². The second kappa shape index (κ2) is 5.15. The fourth-order valence-electron chi connectivity index (χ4n) is 3.19. The van der Waals surface area contributed by atoms with Crippen LogP contribution in [0.1, 0.15) is 38.5 Å². The average molecular weight is 226 g/mol. The summed E-state index contributed by atoms with van der Waals surface area (Å²) >= 11 is 0. The lowest BCUT2D eigenvalue weighted by Crippen LogP contribution is -2.47. The highest BCUT2D eigenvalue weighted by Gasteiger charge is 2.38. The summed E-state index contributed by atoms with van der Waals surface area (Å²) in [6.07, 6.45) is 6.30. The minimum atomic E-state index is -0.0962. The standard InChI is InChI=1S/C12H22N2O2/c1-16-12(15)3-2-6-14-10-4-5-11(14)8-9(13)7-10/h9-11H,2-8,13H2,1H3. The molecule has 0 saturated carbocycles. The quantitative estimate of drug-likeness (QED) is 0.723. The van der Waals surface area contributed by atoms with Crippen LogP contribution in [0, 0.1) is 0 Å². The molecule has 2 N–H and O–H groups in total. The lowest BCUT2D eigenvalue weighted by molar-refractivity contribution is -0.140. The summed E-state index contributed by atoms with van der Waals surface area (Å²) in [7, 11) is 1.45. The second-order valence-corrected chi connectivity index (χ2v) is 5.03. The highest BCUT2D eigenvalue weighted by Crippen LogP contribution is 2.34. The molecule has 4 heteroatoms. The molecule has 2 atom stereocenters. The highest BCUT2D eigenvalue weighted by atomic mass is 16.5. The van der Waals surface area contributed by atoms with E-state index in [2.05, 4.69) is 9.64 Å². The van der Waals surface area contributed by atoms with Crippen molar-refractivity contribution < 1.29 is 9.53 Å². The van der Waals surface area contributed by atoms with Crippen molar-refractivity contribution in [3.8, 4) is 0 Å². The van der Waals surface area contributed by atoms with Crippen molar-refractivity contribution in [2.75, 3.05) is 13.7 Å². The predicted octanol–water partition coefficient (Wildman–Crippen LogP) is 0.894. The molecular formula is C12H22N2O2. The van der Waals surface area contributed by atoms with Crippen LogP contribution in [0.25, 0.3) is 0 Å². The number of esters is 1. The molecule has 2 aliphatic rings. The van der Waals surface area contributed by atoms with Crippen LogP contribution >= 0.6 is 0 Å². The van der Waals surface area contributed by atoms with Gasteiger partial charge < -0.3 is 10.5 Å². The van der Waals surface area contributed by atoms with Gasteiger partial charge in [-0.15, -0.1) is 0 Å². The molecule has 16 heavy (non-hydrogen) atoms. The van der Waals surface area contributed by atoms with E-state index in [0.717, 1.165) is 25.8 Å². The zero-order valence-electron chi connectivity index (χ0n) is 10.0. The van der Waals surface area contributed by atoms with Crippen LogP contribution < -0.4 is 5.73 Å². The van der Waals surface area contributed by atoms with Crippen molar-refractivity contribution in [3.05, 3.63) is 0 Å². The molecule has 4 nitrogen and oxygen atoms in total. The topological polar surface area (TPSA) is 55.6 Å². The number of nitrogens with two attached hydrogens (primary N) is 1. The molecule has 0 aromatic rings. The molecule has 0 aromatic carbocycles. The van der Waals surface area contributed by atoms with E-state index < -0.39 is 0 Å². The van der Waals surface area contributed by atoms with Crippen molar-refractivity contribution in [3.63, 3.8) is 0 Å². The molecule has 0 aliphatic carbocycles. The van der Waals surface area contributed by atoms with Crippen LogP contribution in [0.5, 0.6) is 0 Å². The zero-order chi connectivity index (χ0) is 11.5. The van der Waals surface area contributed by atoms with Gasteiger partial charge in [0.15, 0.2) is 0 Å². The maximum atomic E-state index is 11.0. The molecule has 0 spiro atoms. The molecule has 0 amide bonds. The molecule has 2 fully saturated rings. The molecule has 2 bridgehead atoms.